The Balaban J connectivity index is 1.42. The molecule has 0 aliphatic carbocycles. The van der Waals surface area contributed by atoms with Crippen molar-refractivity contribution in [2.24, 2.45) is 5.92 Å². The number of nitrogens with one attached hydrogen (secondary N) is 1. The normalized spacial score (nSPS) is 14.8. The second kappa shape index (κ2) is 11.2. The average molecular weight is 463 g/mol. The van der Waals surface area contributed by atoms with Gasteiger partial charge in [-0.2, -0.15) is 0 Å². The van der Waals surface area contributed by atoms with E-state index in [0.29, 0.717) is 37.1 Å². The average Bonchev–Trinajstić information content (AvgIpc) is 2.83. The van der Waals surface area contributed by atoms with Gasteiger partial charge >= 0.3 is 0 Å². The number of amides is 1. The van der Waals surface area contributed by atoms with Crippen molar-refractivity contribution >= 4 is 15.9 Å². The molecular formula is C23H30N2O6S. The van der Waals surface area contributed by atoms with Crippen LogP contribution in [0.2, 0.25) is 0 Å². The Morgan fingerprint density at radius 1 is 1.03 bits per heavy atom. The highest BCUT2D eigenvalue weighted by atomic mass is 32.2. The minimum atomic E-state index is -3.76. The number of piperidine rings is 1. The Morgan fingerprint density at radius 2 is 1.72 bits per heavy atom. The molecule has 1 fully saturated rings. The van der Waals surface area contributed by atoms with Crippen LogP contribution in [0.15, 0.2) is 53.4 Å². The molecule has 1 aliphatic rings. The highest BCUT2D eigenvalue weighted by Gasteiger charge is 2.24. The number of methoxy groups -OCH3 is 2. The van der Waals surface area contributed by atoms with Crippen LogP contribution in [0.5, 0.6) is 17.2 Å². The topological polar surface area (TPSA) is 94.2 Å². The van der Waals surface area contributed by atoms with E-state index in [4.69, 9.17) is 14.2 Å². The molecule has 2 aromatic rings. The summed E-state index contributed by atoms with van der Waals surface area (Å²) in [6.45, 7) is 1.98. The Morgan fingerprint density at radius 3 is 2.38 bits per heavy atom. The number of sulfonamides is 1. The van der Waals surface area contributed by atoms with E-state index < -0.39 is 10.0 Å². The van der Waals surface area contributed by atoms with Gasteiger partial charge in [-0.15, -0.1) is 0 Å². The molecule has 8 nitrogen and oxygen atoms in total. The minimum absolute atomic E-state index is 0.0343. The molecule has 1 saturated heterocycles. The van der Waals surface area contributed by atoms with Crippen molar-refractivity contribution in [3.8, 4) is 17.2 Å². The summed E-state index contributed by atoms with van der Waals surface area (Å²) >= 11 is 0. The predicted octanol–water partition coefficient (Wildman–Crippen LogP) is 2.69. The highest BCUT2D eigenvalue weighted by Crippen LogP contribution is 2.29. The Kier molecular flexibility index (Phi) is 8.35. The monoisotopic (exact) mass is 462 g/mol. The van der Waals surface area contributed by atoms with Crippen molar-refractivity contribution < 1.29 is 27.4 Å². The van der Waals surface area contributed by atoms with Crippen molar-refractivity contribution in [1.82, 2.24) is 9.62 Å². The van der Waals surface area contributed by atoms with Crippen LogP contribution in [0.4, 0.5) is 0 Å². The fourth-order valence-corrected chi connectivity index (χ4v) is 4.64. The SMILES string of the molecule is COc1ccc(S(=O)(=O)NCCC(=O)N2CCC(COc3ccccc3)CC2)cc1OC. The molecule has 1 N–H and O–H groups in total. The van der Waals surface area contributed by atoms with Gasteiger partial charge in [-0.25, -0.2) is 13.1 Å². The standard InChI is InChI=1S/C23H30N2O6S/c1-29-21-9-8-20(16-22(21)30-2)32(27,28)24-13-10-23(26)25-14-11-18(12-15-25)17-31-19-6-4-3-5-7-19/h3-9,16,18,24H,10-15,17H2,1-2H3. The zero-order valence-corrected chi connectivity index (χ0v) is 19.3. The highest BCUT2D eigenvalue weighted by molar-refractivity contribution is 7.89. The lowest BCUT2D eigenvalue weighted by molar-refractivity contribution is -0.132. The van der Waals surface area contributed by atoms with Gasteiger partial charge in [0, 0.05) is 32.1 Å². The van der Waals surface area contributed by atoms with E-state index in [1.807, 2.05) is 30.3 Å². The molecule has 0 saturated carbocycles. The quantitative estimate of drug-likeness (QED) is 0.584. The van der Waals surface area contributed by atoms with Gasteiger partial charge in [0.1, 0.15) is 5.75 Å². The van der Waals surface area contributed by atoms with Crippen LogP contribution in [0.1, 0.15) is 19.3 Å². The maximum atomic E-state index is 12.5. The van der Waals surface area contributed by atoms with E-state index in [0.717, 1.165) is 18.6 Å². The lowest BCUT2D eigenvalue weighted by Crippen LogP contribution is -2.41. The van der Waals surface area contributed by atoms with E-state index in [9.17, 15) is 13.2 Å². The number of para-hydroxylation sites is 1. The van der Waals surface area contributed by atoms with Crippen molar-refractivity contribution in [3.63, 3.8) is 0 Å². The Labute approximate surface area is 189 Å². The van der Waals surface area contributed by atoms with Gasteiger partial charge in [0.15, 0.2) is 11.5 Å². The molecule has 0 bridgehead atoms. The smallest absolute Gasteiger partial charge is 0.240 e. The summed E-state index contributed by atoms with van der Waals surface area (Å²) in [7, 11) is -0.837. The van der Waals surface area contributed by atoms with Gasteiger partial charge in [-0.1, -0.05) is 18.2 Å². The van der Waals surface area contributed by atoms with Crippen LogP contribution >= 0.6 is 0 Å². The number of rotatable bonds is 10. The first-order valence-electron chi connectivity index (χ1n) is 10.6. The first-order chi connectivity index (χ1) is 15.4. The van der Waals surface area contributed by atoms with Crippen LogP contribution in [0.3, 0.4) is 0 Å². The van der Waals surface area contributed by atoms with E-state index in [1.54, 1.807) is 4.90 Å². The maximum Gasteiger partial charge on any atom is 0.240 e. The molecule has 9 heteroatoms. The zero-order valence-electron chi connectivity index (χ0n) is 18.5. The maximum absolute atomic E-state index is 12.5. The Hall–Kier alpha value is -2.78. The molecule has 0 atom stereocenters. The van der Waals surface area contributed by atoms with E-state index in [2.05, 4.69) is 4.72 Å². The Bertz CT molecular complexity index is 989. The number of nitrogens with zero attached hydrogens (tertiary/aromatic N) is 1. The third kappa shape index (κ3) is 6.37. The summed E-state index contributed by atoms with van der Waals surface area (Å²) in [5, 5.41) is 0. The van der Waals surface area contributed by atoms with Crippen molar-refractivity contribution in [2.45, 2.75) is 24.2 Å². The lowest BCUT2D eigenvalue weighted by atomic mass is 9.97. The number of benzene rings is 2. The second-order valence-corrected chi connectivity index (χ2v) is 9.38. The van der Waals surface area contributed by atoms with E-state index in [1.165, 1.54) is 32.4 Å². The van der Waals surface area contributed by atoms with Crippen LogP contribution < -0.4 is 18.9 Å². The first kappa shape index (κ1) is 23.9. The van der Waals surface area contributed by atoms with Gasteiger partial charge in [0.05, 0.1) is 25.7 Å². The second-order valence-electron chi connectivity index (χ2n) is 7.61. The van der Waals surface area contributed by atoms with Crippen molar-refractivity contribution in [3.05, 3.63) is 48.5 Å². The summed E-state index contributed by atoms with van der Waals surface area (Å²) < 4.78 is 43.7. The number of likely N-dealkylation sites (tertiary alicyclic amines) is 1. The minimum Gasteiger partial charge on any atom is -0.493 e. The predicted molar refractivity (Wildman–Crippen MR) is 121 cm³/mol. The van der Waals surface area contributed by atoms with Gasteiger partial charge in [-0.05, 0) is 43.0 Å². The van der Waals surface area contributed by atoms with Crippen molar-refractivity contribution in [2.75, 3.05) is 40.5 Å². The largest absolute Gasteiger partial charge is 0.493 e. The number of carbonyl (C=O) groups is 1. The van der Waals surface area contributed by atoms with Gasteiger partial charge in [0.2, 0.25) is 15.9 Å². The van der Waals surface area contributed by atoms with Gasteiger partial charge in [0.25, 0.3) is 0 Å². The zero-order chi connectivity index (χ0) is 23.0. The van der Waals surface area contributed by atoms with Crippen LogP contribution in [0.25, 0.3) is 0 Å². The fourth-order valence-electron chi connectivity index (χ4n) is 3.60. The molecule has 3 rings (SSSR count). The summed E-state index contributed by atoms with van der Waals surface area (Å²) in [5.41, 5.74) is 0. The van der Waals surface area contributed by atoms with Crippen molar-refractivity contribution in [1.29, 1.82) is 0 Å². The van der Waals surface area contributed by atoms with Gasteiger partial charge in [-0.3, -0.25) is 4.79 Å². The summed E-state index contributed by atoms with van der Waals surface area (Å²) in [6, 6.07) is 14.1. The number of hydrogen-bond donors (Lipinski definition) is 1. The summed E-state index contributed by atoms with van der Waals surface area (Å²) in [6.07, 6.45) is 1.85. The number of ether oxygens (including phenoxy) is 3. The molecule has 0 unspecified atom stereocenters. The molecule has 0 spiro atoms. The molecule has 1 amide bonds. The molecule has 2 aromatic carbocycles. The summed E-state index contributed by atoms with van der Waals surface area (Å²) in [5.74, 6) is 1.97. The van der Waals surface area contributed by atoms with E-state index in [-0.39, 0.29) is 23.8 Å². The van der Waals surface area contributed by atoms with Crippen LogP contribution in [0, 0.1) is 5.92 Å². The third-order valence-corrected chi connectivity index (χ3v) is 6.95. The molecule has 1 aliphatic heterocycles. The third-order valence-electron chi connectivity index (χ3n) is 5.49. The van der Waals surface area contributed by atoms with Crippen LogP contribution in [-0.2, 0) is 14.8 Å². The molecule has 0 aromatic heterocycles. The molecular weight excluding hydrogens is 432 g/mol. The molecule has 174 valence electrons. The lowest BCUT2D eigenvalue weighted by Gasteiger charge is -2.32. The first-order valence-corrected chi connectivity index (χ1v) is 12.1. The van der Waals surface area contributed by atoms with Crippen LogP contribution in [-0.4, -0.2) is 59.7 Å². The molecule has 1 heterocycles. The van der Waals surface area contributed by atoms with E-state index >= 15 is 0 Å². The van der Waals surface area contributed by atoms with Gasteiger partial charge < -0.3 is 19.1 Å². The molecule has 32 heavy (non-hydrogen) atoms. The number of carbonyl (C=O) groups excluding carboxylic acids is 1. The fraction of sp³-hybridized carbons (Fsp3) is 0.435. The number of hydrogen-bond acceptors (Lipinski definition) is 6. The summed E-state index contributed by atoms with van der Waals surface area (Å²) in [4.78, 5) is 14.4. The molecule has 0 radical (unpaired) electrons.